The lowest BCUT2D eigenvalue weighted by atomic mass is 10.0. The highest BCUT2D eigenvalue weighted by molar-refractivity contribution is 5.81. The molecule has 3 N–H and O–H groups in total. The van der Waals surface area contributed by atoms with Crippen molar-refractivity contribution in [2.75, 3.05) is 26.3 Å². The number of rotatable bonds is 8. The maximum atomic E-state index is 12.0. The van der Waals surface area contributed by atoms with Crippen molar-refractivity contribution < 1.29 is 14.3 Å². The van der Waals surface area contributed by atoms with Gasteiger partial charge in [0.1, 0.15) is 0 Å². The van der Waals surface area contributed by atoms with Crippen LogP contribution in [0.4, 0.5) is 0 Å². The van der Waals surface area contributed by atoms with E-state index in [1.54, 1.807) is 0 Å². The molecule has 6 nitrogen and oxygen atoms in total. The molecule has 1 aliphatic heterocycles. The van der Waals surface area contributed by atoms with E-state index in [9.17, 15) is 9.59 Å². The van der Waals surface area contributed by atoms with Crippen molar-refractivity contribution in [1.29, 1.82) is 0 Å². The van der Waals surface area contributed by atoms with Gasteiger partial charge in [-0.3, -0.25) is 9.59 Å². The number of likely N-dealkylation sites (N-methyl/N-ethyl adjacent to an activating group) is 1. The van der Waals surface area contributed by atoms with Gasteiger partial charge in [-0.25, -0.2) is 0 Å². The van der Waals surface area contributed by atoms with Crippen LogP contribution in [0.25, 0.3) is 0 Å². The van der Waals surface area contributed by atoms with Crippen molar-refractivity contribution in [2.45, 2.75) is 45.7 Å². The van der Waals surface area contributed by atoms with Crippen LogP contribution < -0.4 is 16.0 Å². The summed E-state index contributed by atoms with van der Waals surface area (Å²) >= 11 is 0. The van der Waals surface area contributed by atoms with E-state index in [1.807, 2.05) is 20.8 Å². The summed E-state index contributed by atoms with van der Waals surface area (Å²) in [5.74, 6) is -0.220. The van der Waals surface area contributed by atoms with Gasteiger partial charge in [-0.2, -0.15) is 0 Å². The van der Waals surface area contributed by atoms with Crippen LogP contribution in [-0.4, -0.2) is 50.2 Å². The van der Waals surface area contributed by atoms with Crippen molar-refractivity contribution in [1.82, 2.24) is 16.0 Å². The van der Waals surface area contributed by atoms with Gasteiger partial charge in [0.2, 0.25) is 11.8 Å². The number of hydrogen-bond donors (Lipinski definition) is 3. The average molecular weight is 285 g/mol. The van der Waals surface area contributed by atoms with Gasteiger partial charge in [0.25, 0.3) is 0 Å². The van der Waals surface area contributed by atoms with Crippen LogP contribution in [-0.2, 0) is 14.3 Å². The molecule has 0 aromatic carbocycles. The van der Waals surface area contributed by atoms with E-state index < -0.39 is 0 Å². The van der Waals surface area contributed by atoms with Crippen LogP contribution in [0, 0.1) is 5.92 Å². The Balaban J connectivity index is 2.24. The third-order valence-corrected chi connectivity index (χ3v) is 3.55. The minimum atomic E-state index is -0.160. The zero-order valence-corrected chi connectivity index (χ0v) is 12.7. The fourth-order valence-corrected chi connectivity index (χ4v) is 2.16. The fourth-order valence-electron chi connectivity index (χ4n) is 2.16. The predicted octanol–water partition coefficient (Wildman–Crippen LogP) is 0.0319. The molecule has 1 fully saturated rings. The molecule has 116 valence electrons. The molecule has 6 heteroatoms. The average Bonchev–Trinajstić information content (AvgIpc) is 2.87. The molecular weight excluding hydrogens is 258 g/mol. The second-order valence-corrected chi connectivity index (χ2v) is 5.23. The molecule has 0 saturated carbocycles. The van der Waals surface area contributed by atoms with E-state index in [0.29, 0.717) is 26.2 Å². The number of ether oxygens (including phenoxy) is 1. The lowest BCUT2D eigenvalue weighted by Crippen LogP contribution is -2.44. The zero-order valence-electron chi connectivity index (χ0n) is 12.7. The molecule has 1 rings (SSSR count). The van der Waals surface area contributed by atoms with Gasteiger partial charge in [0.15, 0.2) is 0 Å². The molecule has 1 aliphatic rings. The van der Waals surface area contributed by atoms with Crippen LogP contribution in [0.15, 0.2) is 0 Å². The molecule has 3 atom stereocenters. The maximum Gasteiger partial charge on any atom is 0.227 e. The lowest BCUT2D eigenvalue weighted by Gasteiger charge is -2.18. The smallest absolute Gasteiger partial charge is 0.227 e. The van der Waals surface area contributed by atoms with E-state index in [-0.39, 0.29) is 29.8 Å². The Morgan fingerprint density at radius 2 is 2.05 bits per heavy atom. The summed E-state index contributed by atoms with van der Waals surface area (Å²) in [7, 11) is 0. The van der Waals surface area contributed by atoms with Gasteiger partial charge >= 0.3 is 0 Å². The minimum absolute atomic E-state index is 0.0226. The first-order valence-corrected chi connectivity index (χ1v) is 7.46. The number of carbonyl (C=O) groups is 2. The lowest BCUT2D eigenvalue weighted by molar-refractivity contribution is -0.125. The molecule has 0 spiro atoms. The van der Waals surface area contributed by atoms with Crippen molar-refractivity contribution in [2.24, 2.45) is 5.92 Å². The Morgan fingerprint density at radius 3 is 2.70 bits per heavy atom. The standard InChI is InChI=1S/C14H27N3O3/c1-4-10(3)17-13(18)6-7-16-14(19)11-8-20-9-12(11)15-5-2/h10-12,15H,4-9H2,1-3H3,(H,16,19)(H,17,18). The molecule has 20 heavy (non-hydrogen) atoms. The predicted molar refractivity (Wildman–Crippen MR) is 77.3 cm³/mol. The first kappa shape index (κ1) is 16.9. The molecular formula is C14H27N3O3. The summed E-state index contributed by atoms with van der Waals surface area (Å²) in [4.78, 5) is 23.6. The summed E-state index contributed by atoms with van der Waals surface area (Å²) in [6.07, 6.45) is 1.22. The highest BCUT2D eigenvalue weighted by Crippen LogP contribution is 2.13. The third-order valence-electron chi connectivity index (χ3n) is 3.55. The van der Waals surface area contributed by atoms with Crippen LogP contribution in [0.5, 0.6) is 0 Å². The molecule has 0 aliphatic carbocycles. The van der Waals surface area contributed by atoms with Crippen LogP contribution >= 0.6 is 0 Å². The molecule has 2 amide bonds. The van der Waals surface area contributed by atoms with Gasteiger partial charge in [0, 0.05) is 25.0 Å². The van der Waals surface area contributed by atoms with E-state index in [4.69, 9.17) is 4.74 Å². The van der Waals surface area contributed by atoms with Crippen molar-refractivity contribution in [3.8, 4) is 0 Å². The Hall–Kier alpha value is -1.14. The second-order valence-electron chi connectivity index (χ2n) is 5.23. The van der Waals surface area contributed by atoms with Gasteiger partial charge in [-0.05, 0) is 19.9 Å². The summed E-state index contributed by atoms with van der Waals surface area (Å²) in [5, 5.41) is 8.93. The SMILES string of the molecule is CCNC1COCC1C(=O)NCCC(=O)NC(C)CC. The molecule has 0 bridgehead atoms. The maximum absolute atomic E-state index is 12.0. The minimum Gasteiger partial charge on any atom is -0.379 e. The van der Waals surface area contributed by atoms with E-state index in [1.165, 1.54) is 0 Å². The van der Waals surface area contributed by atoms with Gasteiger partial charge in [-0.1, -0.05) is 13.8 Å². The van der Waals surface area contributed by atoms with Gasteiger partial charge in [0.05, 0.1) is 19.1 Å². The van der Waals surface area contributed by atoms with Gasteiger partial charge in [-0.15, -0.1) is 0 Å². The van der Waals surface area contributed by atoms with Crippen LogP contribution in [0.1, 0.15) is 33.6 Å². The fraction of sp³-hybridized carbons (Fsp3) is 0.857. The van der Waals surface area contributed by atoms with E-state index >= 15 is 0 Å². The zero-order chi connectivity index (χ0) is 15.0. The normalized spacial score (nSPS) is 23.4. The van der Waals surface area contributed by atoms with Crippen molar-refractivity contribution in [3.05, 3.63) is 0 Å². The molecule has 0 radical (unpaired) electrons. The monoisotopic (exact) mass is 285 g/mol. The van der Waals surface area contributed by atoms with Gasteiger partial charge < -0.3 is 20.7 Å². The van der Waals surface area contributed by atoms with Crippen LogP contribution in [0.3, 0.4) is 0 Å². The Labute approximate surface area is 121 Å². The summed E-state index contributed by atoms with van der Waals surface area (Å²) in [5.41, 5.74) is 0. The second kappa shape index (κ2) is 8.92. The number of hydrogen-bond acceptors (Lipinski definition) is 4. The molecule has 3 unspecified atom stereocenters. The summed E-state index contributed by atoms with van der Waals surface area (Å²) in [6, 6.07) is 0.258. The largest absolute Gasteiger partial charge is 0.379 e. The number of nitrogens with one attached hydrogen (secondary N) is 3. The highest BCUT2D eigenvalue weighted by Gasteiger charge is 2.33. The number of amides is 2. The summed E-state index contributed by atoms with van der Waals surface area (Å²) < 4.78 is 5.34. The Bertz CT molecular complexity index is 323. The molecule has 0 aromatic rings. The van der Waals surface area contributed by atoms with Crippen molar-refractivity contribution in [3.63, 3.8) is 0 Å². The van der Waals surface area contributed by atoms with E-state index in [2.05, 4.69) is 16.0 Å². The number of carbonyl (C=O) groups excluding carboxylic acids is 2. The first-order valence-electron chi connectivity index (χ1n) is 7.46. The third kappa shape index (κ3) is 5.46. The summed E-state index contributed by atoms with van der Waals surface area (Å²) in [6.45, 7) is 8.20. The van der Waals surface area contributed by atoms with E-state index in [0.717, 1.165) is 13.0 Å². The highest BCUT2D eigenvalue weighted by atomic mass is 16.5. The first-order chi connectivity index (χ1) is 9.58. The van der Waals surface area contributed by atoms with Crippen molar-refractivity contribution >= 4 is 11.8 Å². The van der Waals surface area contributed by atoms with Crippen LogP contribution in [0.2, 0.25) is 0 Å². The Morgan fingerprint density at radius 1 is 1.30 bits per heavy atom. The quantitative estimate of drug-likeness (QED) is 0.588. The molecule has 1 saturated heterocycles. The Kier molecular flexibility index (Phi) is 7.54. The topological polar surface area (TPSA) is 79.5 Å². The molecule has 1 heterocycles. The molecule has 0 aromatic heterocycles.